The van der Waals surface area contributed by atoms with E-state index in [2.05, 4.69) is 0 Å². The maximum Gasteiger partial charge on any atom is 0.344 e. The lowest BCUT2D eigenvalue weighted by Gasteiger charge is -2.38. The van der Waals surface area contributed by atoms with Gasteiger partial charge in [-0.15, -0.1) is 0 Å². The second-order valence-corrected chi connectivity index (χ2v) is 10.9. The summed E-state index contributed by atoms with van der Waals surface area (Å²) in [6.45, 7) is 5.20. The highest BCUT2D eigenvalue weighted by Crippen LogP contribution is 2.41. The van der Waals surface area contributed by atoms with Gasteiger partial charge in [-0.3, -0.25) is 8.51 Å². The third kappa shape index (κ3) is 6.09. The number of carbonyl (C=O) groups excluding carboxylic acids is 1. The SMILES string of the molecule is CC(C)(C)OC(=O)COc1cccc2c1CCCC2N(c1ccc(-c2ccccc2Cl)cc1)S(=O)[O-]. The number of benzene rings is 3. The van der Waals surface area contributed by atoms with Crippen LogP contribution in [0.15, 0.2) is 66.7 Å². The predicted molar refractivity (Wildman–Crippen MR) is 142 cm³/mol. The fourth-order valence-corrected chi connectivity index (χ4v) is 5.50. The number of nitrogens with zero attached hydrogens (tertiary/aromatic N) is 1. The Morgan fingerprint density at radius 1 is 1.08 bits per heavy atom. The Morgan fingerprint density at radius 2 is 1.81 bits per heavy atom. The van der Waals surface area contributed by atoms with Gasteiger partial charge in [0.1, 0.15) is 11.4 Å². The number of hydrogen-bond donors (Lipinski definition) is 0. The molecule has 0 N–H and O–H groups in total. The summed E-state index contributed by atoms with van der Waals surface area (Å²) in [5, 5.41) is 0.634. The molecule has 190 valence electrons. The first-order chi connectivity index (χ1) is 17.1. The lowest BCUT2D eigenvalue weighted by atomic mass is 9.87. The molecule has 2 unspecified atom stereocenters. The zero-order chi connectivity index (χ0) is 25.9. The van der Waals surface area contributed by atoms with Crippen molar-refractivity contribution < 1.29 is 23.0 Å². The minimum absolute atomic E-state index is 0.209. The quantitative estimate of drug-likeness (QED) is 0.263. The van der Waals surface area contributed by atoms with Crippen molar-refractivity contribution in [3.63, 3.8) is 0 Å². The lowest BCUT2D eigenvalue weighted by Crippen LogP contribution is -2.33. The Kier molecular flexibility index (Phi) is 8.03. The first-order valence-electron chi connectivity index (χ1n) is 11.8. The molecule has 36 heavy (non-hydrogen) atoms. The monoisotopic (exact) mass is 526 g/mol. The van der Waals surface area contributed by atoms with Crippen LogP contribution < -0.4 is 9.04 Å². The molecule has 0 saturated carbocycles. The smallest absolute Gasteiger partial charge is 0.344 e. The van der Waals surface area contributed by atoms with Gasteiger partial charge in [0.25, 0.3) is 0 Å². The van der Waals surface area contributed by atoms with Gasteiger partial charge in [-0.2, -0.15) is 0 Å². The minimum Gasteiger partial charge on any atom is -0.755 e. The van der Waals surface area contributed by atoms with E-state index in [1.165, 1.54) is 4.31 Å². The standard InChI is InChI=1S/C28H30ClNO5S/c1-28(2,3)35-27(31)18-34-26-13-7-9-22-23(26)10-6-12-25(22)30(36(32)33)20-16-14-19(15-17-20)21-8-4-5-11-24(21)29/h4-5,7-9,11,13-17,25H,6,10,12,18H2,1-3H3,(H,32,33)/p-1. The first-order valence-corrected chi connectivity index (χ1v) is 13.2. The van der Waals surface area contributed by atoms with Crippen LogP contribution in [-0.2, 0) is 27.2 Å². The third-order valence-electron chi connectivity index (χ3n) is 5.95. The Hall–Kier alpha value is -2.87. The van der Waals surface area contributed by atoms with E-state index in [1.54, 1.807) is 32.9 Å². The summed E-state index contributed by atoms with van der Waals surface area (Å²) in [7, 11) is 0. The van der Waals surface area contributed by atoms with Crippen LogP contribution in [0.1, 0.15) is 50.8 Å². The van der Waals surface area contributed by atoms with Crippen molar-refractivity contribution in [3.8, 4) is 16.9 Å². The number of esters is 1. The van der Waals surface area contributed by atoms with Crippen molar-refractivity contribution in [1.29, 1.82) is 0 Å². The highest BCUT2D eigenvalue weighted by atomic mass is 35.5. The van der Waals surface area contributed by atoms with Gasteiger partial charge in [0.05, 0.1) is 6.04 Å². The van der Waals surface area contributed by atoms with Crippen LogP contribution in [0, 0.1) is 0 Å². The molecule has 8 heteroatoms. The molecule has 6 nitrogen and oxygen atoms in total. The number of ether oxygens (including phenoxy) is 2. The predicted octanol–water partition coefficient (Wildman–Crippen LogP) is 6.41. The van der Waals surface area contributed by atoms with E-state index >= 15 is 0 Å². The summed E-state index contributed by atoms with van der Waals surface area (Å²) in [6, 6.07) is 20.1. The maximum atomic E-state index is 12.5. The van der Waals surface area contributed by atoms with E-state index in [0.29, 0.717) is 22.9 Å². The molecule has 4 rings (SSSR count). The molecular weight excluding hydrogens is 498 g/mol. The van der Waals surface area contributed by atoms with Crippen LogP contribution in [-0.4, -0.2) is 26.9 Å². The fraction of sp³-hybridized carbons (Fsp3) is 0.321. The zero-order valence-corrected chi connectivity index (χ0v) is 22.1. The van der Waals surface area contributed by atoms with Gasteiger partial charge in [-0.1, -0.05) is 54.1 Å². The summed E-state index contributed by atoms with van der Waals surface area (Å²) in [6.07, 6.45) is 2.19. The highest BCUT2D eigenvalue weighted by Gasteiger charge is 2.29. The van der Waals surface area contributed by atoms with E-state index in [4.69, 9.17) is 21.1 Å². The molecule has 3 aromatic carbocycles. The van der Waals surface area contributed by atoms with Crippen LogP contribution in [0.2, 0.25) is 5.02 Å². The molecule has 2 atom stereocenters. The second-order valence-electron chi connectivity index (χ2n) is 9.68. The number of carbonyl (C=O) groups is 1. The maximum absolute atomic E-state index is 12.5. The molecule has 0 fully saturated rings. The first kappa shape index (κ1) is 26.2. The van der Waals surface area contributed by atoms with Crippen molar-refractivity contribution in [2.45, 2.75) is 51.7 Å². The Balaban J connectivity index is 1.60. The van der Waals surface area contributed by atoms with Gasteiger partial charge in [0.2, 0.25) is 0 Å². The van der Waals surface area contributed by atoms with E-state index in [9.17, 15) is 13.6 Å². The van der Waals surface area contributed by atoms with Gasteiger partial charge in [-0.05, 0) is 81.0 Å². The molecule has 0 amide bonds. The summed E-state index contributed by atoms with van der Waals surface area (Å²) in [5.74, 6) is 0.127. The van der Waals surface area contributed by atoms with E-state index in [1.807, 2.05) is 54.6 Å². The molecule has 0 radical (unpaired) electrons. The average molecular weight is 527 g/mol. The van der Waals surface area contributed by atoms with Gasteiger partial charge in [0, 0.05) is 27.5 Å². The molecule has 0 bridgehead atoms. The Bertz CT molecular complexity index is 1260. The third-order valence-corrected chi connectivity index (χ3v) is 7.06. The minimum atomic E-state index is -2.50. The van der Waals surface area contributed by atoms with Crippen LogP contribution in [0.5, 0.6) is 5.75 Å². The number of fused-ring (bicyclic) bond motifs is 1. The summed E-state index contributed by atoms with van der Waals surface area (Å²) < 4.78 is 37.5. The summed E-state index contributed by atoms with van der Waals surface area (Å²) in [5.41, 5.74) is 3.56. The molecule has 0 spiro atoms. The lowest BCUT2D eigenvalue weighted by molar-refractivity contribution is -0.157. The number of hydrogen-bond acceptors (Lipinski definition) is 5. The molecule has 1 aliphatic carbocycles. The largest absolute Gasteiger partial charge is 0.755 e. The van der Waals surface area contributed by atoms with Crippen molar-refractivity contribution in [2.75, 3.05) is 10.9 Å². The highest BCUT2D eigenvalue weighted by molar-refractivity contribution is 7.80. The van der Waals surface area contributed by atoms with E-state index in [0.717, 1.165) is 35.1 Å². The zero-order valence-electron chi connectivity index (χ0n) is 20.5. The average Bonchev–Trinajstić information content (AvgIpc) is 2.82. The summed E-state index contributed by atoms with van der Waals surface area (Å²) in [4.78, 5) is 12.2. The topological polar surface area (TPSA) is 78.9 Å². The number of rotatable bonds is 7. The van der Waals surface area contributed by atoms with E-state index < -0.39 is 22.8 Å². The van der Waals surface area contributed by atoms with Crippen LogP contribution in [0.3, 0.4) is 0 Å². The summed E-state index contributed by atoms with van der Waals surface area (Å²) >= 11 is 3.83. The van der Waals surface area contributed by atoms with Gasteiger partial charge >= 0.3 is 5.97 Å². The van der Waals surface area contributed by atoms with Crippen molar-refractivity contribution in [1.82, 2.24) is 0 Å². The van der Waals surface area contributed by atoms with Crippen LogP contribution in [0.4, 0.5) is 5.69 Å². The molecule has 1 aliphatic rings. The molecule has 0 saturated heterocycles. The molecule has 0 aromatic heterocycles. The van der Waals surface area contributed by atoms with Crippen molar-refractivity contribution in [3.05, 3.63) is 82.9 Å². The number of anilines is 1. The van der Waals surface area contributed by atoms with Gasteiger partial charge in [-0.25, -0.2) is 4.79 Å². The fourth-order valence-electron chi connectivity index (χ4n) is 4.53. The second kappa shape index (κ2) is 11.0. The van der Waals surface area contributed by atoms with E-state index in [-0.39, 0.29) is 12.6 Å². The van der Waals surface area contributed by atoms with Gasteiger partial charge in [0.15, 0.2) is 6.61 Å². The van der Waals surface area contributed by atoms with Crippen LogP contribution in [0.25, 0.3) is 11.1 Å². The Labute approximate surface area is 219 Å². The van der Waals surface area contributed by atoms with Gasteiger partial charge < -0.3 is 14.0 Å². The molecule has 3 aromatic rings. The molecule has 0 aliphatic heterocycles. The van der Waals surface area contributed by atoms with Crippen molar-refractivity contribution >= 4 is 34.5 Å². The normalized spacial score (nSPS) is 16.1. The molecular formula is C28H29ClNO5S-. The number of halogens is 1. The van der Waals surface area contributed by atoms with Crippen molar-refractivity contribution in [2.24, 2.45) is 0 Å². The Morgan fingerprint density at radius 3 is 2.47 bits per heavy atom. The molecule has 0 heterocycles. The van der Waals surface area contributed by atoms with Crippen LogP contribution >= 0.6 is 11.6 Å².